The maximum atomic E-state index is 12.1. The number of carbonyl (C=O) groups is 1. The Labute approximate surface area is 117 Å². The fourth-order valence-electron chi connectivity index (χ4n) is 2.53. The summed E-state index contributed by atoms with van der Waals surface area (Å²) in [7, 11) is 3.15. The van der Waals surface area contributed by atoms with Crippen molar-refractivity contribution in [2.75, 3.05) is 14.2 Å². The Bertz CT molecular complexity index is 652. The maximum absolute atomic E-state index is 12.1. The molecule has 0 saturated carbocycles. The van der Waals surface area contributed by atoms with Gasteiger partial charge in [0.2, 0.25) is 0 Å². The molecular weight excluding hydrogens is 254 g/mol. The predicted octanol–water partition coefficient (Wildman–Crippen LogP) is 2.54. The second-order valence-electron chi connectivity index (χ2n) is 4.61. The average Bonchev–Trinajstić information content (AvgIpc) is 2.83. The summed E-state index contributed by atoms with van der Waals surface area (Å²) in [6.07, 6.45) is 0. The van der Waals surface area contributed by atoms with Gasteiger partial charge in [-0.1, -0.05) is 30.3 Å². The number of amides is 1. The molecule has 0 saturated heterocycles. The summed E-state index contributed by atoms with van der Waals surface area (Å²) in [6, 6.07) is 13.3. The minimum atomic E-state index is -0.140. The second kappa shape index (κ2) is 4.89. The molecule has 0 fully saturated rings. The Kier molecular flexibility index (Phi) is 3.06. The van der Waals surface area contributed by atoms with Crippen LogP contribution in [0, 0.1) is 0 Å². The van der Waals surface area contributed by atoms with Crippen LogP contribution in [0.1, 0.15) is 27.5 Å². The number of fused-ring (bicyclic) bond motifs is 1. The van der Waals surface area contributed by atoms with E-state index in [1.54, 1.807) is 20.3 Å². The van der Waals surface area contributed by atoms with Crippen molar-refractivity contribution in [3.63, 3.8) is 0 Å². The fraction of sp³-hybridized carbons (Fsp3) is 0.188. The van der Waals surface area contributed by atoms with Crippen molar-refractivity contribution in [1.82, 2.24) is 5.32 Å². The first-order valence-corrected chi connectivity index (χ1v) is 6.36. The molecule has 102 valence electrons. The lowest BCUT2D eigenvalue weighted by Gasteiger charge is -2.14. The maximum Gasteiger partial charge on any atom is 0.252 e. The van der Waals surface area contributed by atoms with E-state index >= 15 is 0 Å². The van der Waals surface area contributed by atoms with E-state index in [-0.39, 0.29) is 11.9 Å². The molecular formula is C16H15NO3. The Morgan fingerprint density at radius 1 is 1.00 bits per heavy atom. The van der Waals surface area contributed by atoms with Crippen molar-refractivity contribution in [3.8, 4) is 11.5 Å². The fourth-order valence-corrected chi connectivity index (χ4v) is 2.53. The normalized spacial score (nSPS) is 16.5. The van der Waals surface area contributed by atoms with Crippen LogP contribution in [0.2, 0.25) is 0 Å². The van der Waals surface area contributed by atoms with E-state index in [1.165, 1.54) is 0 Å². The van der Waals surface area contributed by atoms with Crippen LogP contribution in [0.15, 0.2) is 42.5 Å². The lowest BCUT2D eigenvalue weighted by molar-refractivity contribution is 0.0960. The zero-order chi connectivity index (χ0) is 14.1. The Morgan fingerprint density at radius 2 is 1.65 bits per heavy atom. The molecule has 0 radical (unpaired) electrons. The lowest BCUT2D eigenvalue weighted by Crippen LogP contribution is -2.19. The van der Waals surface area contributed by atoms with E-state index < -0.39 is 0 Å². The quantitative estimate of drug-likeness (QED) is 0.931. The van der Waals surface area contributed by atoms with Gasteiger partial charge in [-0.15, -0.1) is 0 Å². The summed E-state index contributed by atoms with van der Waals surface area (Å²) < 4.78 is 10.6. The van der Waals surface area contributed by atoms with Crippen molar-refractivity contribution in [3.05, 3.63) is 59.2 Å². The lowest BCUT2D eigenvalue weighted by atomic mass is 9.98. The Morgan fingerprint density at radius 3 is 2.30 bits per heavy atom. The molecule has 20 heavy (non-hydrogen) atoms. The minimum absolute atomic E-state index is 0.0881. The van der Waals surface area contributed by atoms with Gasteiger partial charge in [-0.05, 0) is 23.3 Å². The average molecular weight is 269 g/mol. The van der Waals surface area contributed by atoms with Gasteiger partial charge in [0, 0.05) is 5.56 Å². The summed E-state index contributed by atoms with van der Waals surface area (Å²) in [5.74, 6) is 1.11. The van der Waals surface area contributed by atoms with Gasteiger partial charge in [0.05, 0.1) is 20.3 Å². The molecule has 0 aromatic heterocycles. The zero-order valence-electron chi connectivity index (χ0n) is 11.3. The van der Waals surface area contributed by atoms with Crippen LogP contribution >= 0.6 is 0 Å². The summed E-state index contributed by atoms with van der Waals surface area (Å²) in [5.41, 5.74) is 2.60. The second-order valence-corrected chi connectivity index (χ2v) is 4.61. The molecule has 1 atom stereocenters. The van der Waals surface area contributed by atoms with Crippen LogP contribution in [0.3, 0.4) is 0 Å². The molecule has 2 aromatic carbocycles. The van der Waals surface area contributed by atoms with E-state index in [0.29, 0.717) is 17.1 Å². The van der Waals surface area contributed by atoms with Crippen LogP contribution in [0.4, 0.5) is 0 Å². The first kappa shape index (κ1) is 12.5. The van der Waals surface area contributed by atoms with Gasteiger partial charge >= 0.3 is 0 Å². The number of hydrogen-bond donors (Lipinski definition) is 1. The van der Waals surface area contributed by atoms with Crippen molar-refractivity contribution in [2.45, 2.75) is 6.04 Å². The monoisotopic (exact) mass is 269 g/mol. The summed E-state index contributed by atoms with van der Waals surface area (Å²) in [6.45, 7) is 0. The highest BCUT2D eigenvalue weighted by molar-refractivity contribution is 6.00. The highest BCUT2D eigenvalue weighted by Crippen LogP contribution is 2.38. The number of rotatable bonds is 3. The Balaban J connectivity index is 2.12. The van der Waals surface area contributed by atoms with Gasteiger partial charge in [-0.25, -0.2) is 0 Å². The molecule has 4 nitrogen and oxygen atoms in total. The molecule has 0 spiro atoms. The molecule has 1 aliphatic rings. The third-order valence-electron chi connectivity index (χ3n) is 3.52. The Hall–Kier alpha value is -2.49. The highest BCUT2D eigenvalue weighted by atomic mass is 16.5. The molecule has 1 aliphatic heterocycles. The highest BCUT2D eigenvalue weighted by Gasteiger charge is 2.31. The number of ether oxygens (including phenoxy) is 2. The smallest absolute Gasteiger partial charge is 0.252 e. The largest absolute Gasteiger partial charge is 0.493 e. The predicted molar refractivity (Wildman–Crippen MR) is 75.3 cm³/mol. The van der Waals surface area contributed by atoms with Gasteiger partial charge in [0.15, 0.2) is 11.5 Å². The van der Waals surface area contributed by atoms with Crippen molar-refractivity contribution < 1.29 is 14.3 Å². The number of carbonyl (C=O) groups excluding carboxylic acids is 1. The minimum Gasteiger partial charge on any atom is -0.493 e. The standard InChI is InChI=1S/C16H15NO3/c1-19-13-8-11-12(9-14(13)20-2)16(18)17-15(11)10-6-4-3-5-7-10/h3-9,15H,1-2H3,(H,17,18). The summed E-state index contributed by atoms with van der Waals surface area (Å²) in [4.78, 5) is 12.1. The number of hydrogen-bond acceptors (Lipinski definition) is 3. The molecule has 3 rings (SSSR count). The van der Waals surface area contributed by atoms with Gasteiger partial charge in [0.25, 0.3) is 5.91 Å². The van der Waals surface area contributed by atoms with Gasteiger partial charge in [-0.2, -0.15) is 0 Å². The van der Waals surface area contributed by atoms with E-state index in [4.69, 9.17) is 9.47 Å². The van der Waals surface area contributed by atoms with Crippen molar-refractivity contribution >= 4 is 5.91 Å². The molecule has 1 unspecified atom stereocenters. The molecule has 4 heteroatoms. The zero-order valence-corrected chi connectivity index (χ0v) is 11.3. The third kappa shape index (κ3) is 1.90. The topological polar surface area (TPSA) is 47.6 Å². The first-order valence-electron chi connectivity index (χ1n) is 6.36. The molecule has 1 N–H and O–H groups in total. The summed E-state index contributed by atoms with van der Waals surface area (Å²) >= 11 is 0. The van der Waals surface area contributed by atoms with Crippen LogP contribution < -0.4 is 14.8 Å². The molecule has 1 amide bonds. The van der Waals surface area contributed by atoms with Gasteiger partial charge < -0.3 is 14.8 Å². The first-order chi connectivity index (χ1) is 9.74. The molecule has 2 aromatic rings. The van der Waals surface area contributed by atoms with Crippen LogP contribution in [0.5, 0.6) is 11.5 Å². The van der Waals surface area contributed by atoms with Crippen molar-refractivity contribution in [2.24, 2.45) is 0 Å². The van der Waals surface area contributed by atoms with E-state index in [0.717, 1.165) is 11.1 Å². The number of benzene rings is 2. The molecule has 0 aliphatic carbocycles. The SMILES string of the molecule is COc1cc2c(cc1OC)C(c1ccccc1)NC2=O. The third-order valence-corrected chi connectivity index (χ3v) is 3.52. The molecule has 0 bridgehead atoms. The van der Waals surface area contributed by atoms with E-state index in [2.05, 4.69) is 5.32 Å². The van der Waals surface area contributed by atoms with Gasteiger partial charge in [-0.3, -0.25) is 4.79 Å². The van der Waals surface area contributed by atoms with Crippen LogP contribution in [-0.2, 0) is 0 Å². The number of nitrogens with one attached hydrogen (secondary N) is 1. The van der Waals surface area contributed by atoms with E-state index in [1.807, 2.05) is 36.4 Å². The van der Waals surface area contributed by atoms with Crippen LogP contribution in [0.25, 0.3) is 0 Å². The summed E-state index contributed by atoms with van der Waals surface area (Å²) in [5, 5.41) is 2.99. The van der Waals surface area contributed by atoms with Crippen molar-refractivity contribution in [1.29, 1.82) is 0 Å². The number of methoxy groups -OCH3 is 2. The van der Waals surface area contributed by atoms with Gasteiger partial charge in [0.1, 0.15) is 0 Å². The van der Waals surface area contributed by atoms with Crippen LogP contribution in [-0.4, -0.2) is 20.1 Å². The van der Waals surface area contributed by atoms with E-state index in [9.17, 15) is 4.79 Å². The molecule has 1 heterocycles.